The van der Waals surface area contributed by atoms with Crippen LogP contribution >= 0.6 is 0 Å². The molecule has 1 atom stereocenters. The summed E-state index contributed by atoms with van der Waals surface area (Å²) in [5.41, 5.74) is 2.10. The standard InChI is InChI=1S/C24H27NO6/c1-15-7-5-8-16(13-15)21-20(23(27)24(28)25(21)11-6-12-29-2)22(26)18-10-9-17(30-3)14-19(18)31-4/h5,7-10,13-14,21,26H,6,11-12H2,1-4H3/b22-20-. The summed E-state index contributed by atoms with van der Waals surface area (Å²) in [6.45, 7) is 2.72. The normalized spacial score (nSPS) is 17.8. The van der Waals surface area contributed by atoms with Gasteiger partial charge in [0.05, 0.1) is 31.4 Å². The Morgan fingerprint density at radius 2 is 1.84 bits per heavy atom. The molecular formula is C24H27NO6. The third-order valence-electron chi connectivity index (χ3n) is 5.31. The lowest BCUT2D eigenvalue weighted by Crippen LogP contribution is -2.31. The van der Waals surface area contributed by atoms with Gasteiger partial charge in [-0.15, -0.1) is 0 Å². The number of nitrogens with zero attached hydrogens (tertiary/aromatic N) is 1. The minimum absolute atomic E-state index is 0.0384. The largest absolute Gasteiger partial charge is 0.507 e. The number of aliphatic hydroxyl groups excluding tert-OH is 1. The lowest BCUT2D eigenvalue weighted by atomic mass is 9.94. The van der Waals surface area contributed by atoms with E-state index in [-0.39, 0.29) is 11.3 Å². The van der Waals surface area contributed by atoms with E-state index >= 15 is 0 Å². The minimum Gasteiger partial charge on any atom is -0.507 e. The highest BCUT2D eigenvalue weighted by atomic mass is 16.5. The topological polar surface area (TPSA) is 85.3 Å². The number of likely N-dealkylation sites (tertiary alicyclic amines) is 1. The van der Waals surface area contributed by atoms with Gasteiger partial charge in [0, 0.05) is 26.3 Å². The van der Waals surface area contributed by atoms with Gasteiger partial charge in [0.15, 0.2) is 0 Å². The Bertz CT molecular complexity index is 1010. The van der Waals surface area contributed by atoms with Crippen molar-refractivity contribution in [2.75, 3.05) is 34.5 Å². The molecule has 0 radical (unpaired) electrons. The summed E-state index contributed by atoms with van der Waals surface area (Å²) in [6.07, 6.45) is 0.567. The molecule has 7 heteroatoms. The third-order valence-corrected chi connectivity index (χ3v) is 5.31. The first-order chi connectivity index (χ1) is 14.9. The lowest BCUT2D eigenvalue weighted by Gasteiger charge is -2.25. The Morgan fingerprint density at radius 3 is 2.48 bits per heavy atom. The van der Waals surface area contributed by atoms with Crippen molar-refractivity contribution in [3.8, 4) is 11.5 Å². The average molecular weight is 425 g/mol. The van der Waals surface area contributed by atoms with Crippen LogP contribution in [0.5, 0.6) is 11.5 Å². The molecule has 1 saturated heterocycles. The molecule has 1 fully saturated rings. The molecule has 0 bridgehead atoms. The van der Waals surface area contributed by atoms with Crippen molar-refractivity contribution in [1.82, 2.24) is 4.90 Å². The fourth-order valence-corrected chi connectivity index (χ4v) is 3.82. The number of hydrogen-bond acceptors (Lipinski definition) is 6. The molecule has 1 unspecified atom stereocenters. The molecule has 1 heterocycles. The monoisotopic (exact) mass is 425 g/mol. The molecule has 1 aliphatic rings. The number of ketones is 1. The maximum atomic E-state index is 13.0. The summed E-state index contributed by atoms with van der Waals surface area (Å²) in [5, 5.41) is 11.2. The van der Waals surface area contributed by atoms with Crippen LogP contribution in [0.1, 0.15) is 29.2 Å². The van der Waals surface area contributed by atoms with Crippen LogP contribution in [0.4, 0.5) is 0 Å². The van der Waals surface area contributed by atoms with Crippen LogP contribution in [0.15, 0.2) is 48.0 Å². The molecule has 1 N–H and O–H groups in total. The number of benzene rings is 2. The highest BCUT2D eigenvalue weighted by Crippen LogP contribution is 2.41. The molecule has 0 aliphatic carbocycles. The van der Waals surface area contributed by atoms with Gasteiger partial charge >= 0.3 is 0 Å². The van der Waals surface area contributed by atoms with Crippen LogP contribution in [-0.4, -0.2) is 56.2 Å². The maximum absolute atomic E-state index is 13.0. The molecule has 1 amide bonds. The lowest BCUT2D eigenvalue weighted by molar-refractivity contribution is -0.140. The maximum Gasteiger partial charge on any atom is 0.295 e. The number of aryl methyl sites for hydroxylation is 1. The van der Waals surface area contributed by atoms with E-state index in [9.17, 15) is 14.7 Å². The summed E-state index contributed by atoms with van der Waals surface area (Å²) >= 11 is 0. The van der Waals surface area contributed by atoms with Crippen LogP contribution in [0.2, 0.25) is 0 Å². The van der Waals surface area contributed by atoms with E-state index in [2.05, 4.69) is 0 Å². The van der Waals surface area contributed by atoms with Crippen molar-refractivity contribution in [2.24, 2.45) is 0 Å². The fraction of sp³-hybridized carbons (Fsp3) is 0.333. The van der Waals surface area contributed by atoms with Crippen molar-refractivity contribution < 1.29 is 28.9 Å². The van der Waals surface area contributed by atoms with Crippen molar-refractivity contribution in [2.45, 2.75) is 19.4 Å². The highest BCUT2D eigenvalue weighted by molar-refractivity contribution is 6.46. The van der Waals surface area contributed by atoms with Crippen LogP contribution in [0.25, 0.3) is 5.76 Å². The van der Waals surface area contributed by atoms with E-state index in [4.69, 9.17) is 14.2 Å². The predicted molar refractivity (Wildman–Crippen MR) is 116 cm³/mol. The highest BCUT2D eigenvalue weighted by Gasteiger charge is 2.46. The number of carbonyl (C=O) groups is 2. The van der Waals surface area contributed by atoms with Crippen molar-refractivity contribution in [3.63, 3.8) is 0 Å². The van der Waals surface area contributed by atoms with E-state index in [1.54, 1.807) is 25.3 Å². The molecule has 0 aromatic heterocycles. The van der Waals surface area contributed by atoms with Crippen LogP contribution < -0.4 is 9.47 Å². The third kappa shape index (κ3) is 4.41. The molecule has 164 valence electrons. The Kier molecular flexibility index (Phi) is 6.97. The smallest absolute Gasteiger partial charge is 0.295 e. The molecule has 0 spiro atoms. The van der Waals surface area contributed by atoms with E-state index in [0.717, 1.165) is 11.1 Å². The van der Waals surface area contributed by atoms with Gasteiger partial charge in [0.2, 0.25) is 0 Å². The number of amides is 1. The number of carbonyl (C=O) groups excluding carboxylic acids is 2. The van der Waals surface area contributed by atoms with Crippen LogP contribution in [0.3, 0.4) is 0 Å². The van der Waals surface area contributed by atoms with Crippen molar-refractivity contribution >= 4 is 17.4 Å². The van der Waals surface area contributed by atoms with Crippen molar-refractivity contribution in [3.05, 3.63) is 64.7 Å². The summed E-state index contributed by atoms with van der Waals surface area (Å²) in [5.74, 6) is -0.761. The molecule has 7 nitrogen and oxygen atoms in total. The van der Waals surface area contributed by atoms with Crippen LogP contribution in [-0.2, 0) is 14.3 Å². The predicted octanol–water partition coefficient (Wildman–Crippen LogP) is 3.47. The number of ether oxygens (including phenoxy) is 3. The second-order valence-corrected chi connectivity index (χ2v) is 7.32. The minimum atomic E-state index is -0.723. The average Bonchev–Trinajstić information content (AvgIpc) is 3.03. The molecule has 3 rings (SSSR count). The van der Waals surface area contributed by atoms with E-state index in [0.29, 0.717) is 36.6 Å². The van der Waals surface area contributed by atoms with Gasteiger partial charge in [-0.05, 0) is 31.0 Å². The number of rotatable bonds is 8. The van der Waals surface area contributed by atoms with Crippen LogP contribution in [0, 0.1) is 6.92 Å². The zero-order valence-corrected chi connectivity index (χ0v) is 18.2. The Morgan fingerprint density at radius 1 is 1.06 bits per heavy atom. The van der Waals surface area contributed by atoms with Crippen molar-refractivity contribution in [1.29, 1.82) is 0 Å². The van der Waals surface area contributed by atoms with Gasteiger partial charge in [-0.2, -0.15) is 0 Å². The zero-order valence-electron chi connectivity index (χ0n) is 18.2. The molecular weight excluding hydrogens is 398 g/mol. The van der Waals surface area contributed by atoms with Gasteiger partial charge in [-0.3, -0.25) is 9.59 Å². The molecule has 0 saturated carbocycles. The van der Waals surface area contributed by atoms with E-state index in [1.807, 2.05) is 31.2 Å². The second-order valence-electron chi connectivity index (χ2n) is 7.32. The Balaban J connectivity index is 2.17. The molecule has 2 aromatic carbocycles. The number of aliphatic hydroxyl groups is 1. The SMILES string of the molecule is COCCCN1C(=O)C(=O)/C(=C(\O)c2ccc(OC)cc2OC)C1c1cccc(C)c1. The fourth-order valence-electron chi connectivity index (χ4n) is 3.82. The quantitative estimate of drug-likeness (QED) is 0.302. The van der Waals surface area contributed by atoms with E-state index in [1.165, 1.54) is 19.1 Å². The Labute approximate surface area is 181 Å². The first kappa shape index (κ1) is 22.4. The summed E-state index contributed by atoms with van der Waals surface area (Å²) in [7, 11) is 4.58. The van der Waals surface area contributed by atoms with Gasteiger partial charge in [0.1, 0.15) is 17.3 Å². The van der Waals surface area contributed by atoms with E-state index < -0.39 is 17.7 Å². The molecule has 31 heavy (non-hydrogen) atoms. The number of Topliss-reactive ketones (excluding diaryl/α,β-unsaturated/α-hetero) is 1. The molecule has 1 aliphatic heterocycles. The first-order valence-electron chi connectivity index (χ1n) is 9.99. The van der Waals surface area contributed by atoms with Gasteiger partial charge in [0.25, 0.3) is 11.7 Å². The Hall–Kier alpha value is -3.32. The number of methoxy groups -OCH3 is 3. The van der Waals surface area contributed by atoms with Gasteiger partial charge in [-0.25, -0.2) is 0 Å². The summed E-state index contributed by atoms with van der Waals surface area (Å²) in [4.78, 5) is 27.5. The summed E-state index contributed by atoms with van der Waals surface area (Å²) in [6, 6.07) is 11.8. The van der Waals surface area contributed by atoms with Gasteiger partial charge < -0.3 is 24.2 Å². The summed E-state index contributed by atoms with van der Waals surface area (Å²) < 4.78 is 15.7. The second kappa shape index (κ2) is 9.66. The van der Waals surface area contributed by atoms with Gasteiger partial charge in [-0.1, -0.05) is 29.8 Å². The number of hydrogen-bond donors (Lipinski definition) is 1. The first-order valence-corrected chi connectivity index (χ1v) is 9.99. The molecule has 2 aromatic rings. The zero-order chi connectivity index (χ0) is 22.5.